The van der Waals surface area contributed by atoms with Crippen molar-refractivity contribution in [2.24, 2.45) is 5.16 Å². The average molecular weight is 249 g/mol. The summed E-state index contributed by atoms with van der Waals surface area (Å²) >= 11 is 0. The van der Waals surface area contributed by atoms with Crippen LogP contribution in [0.4, 0.5) is 0 Å². The molecule has 2 heterocycles. The second-order valence-corrected chi connectivity index (χ2v) is 4.47. The van der Waals surface area contributed by atoms with E-state index in [9.17, 15) is 0 Å². The number of hydrogen-bond acceptors (Lipinski definition) is 4. The number of rotatable bonds is 4. The topological polar surface area (TPSA) is 56.7 Å². The van der Waals surface area contributed by atoms with Crippen molar-refractivity contribution in [3.8, 4) is 11.5 Å². The molecule has 0 unspecified atom stereocenters. The third-order valence-electron chi connectivity index (χ3n) is 3.16. The van der Waals surface area contributed by atoms with Crippen molar-refractivity contribution in [3.05, 3.63) is 23.8 Å². The number of nitrogens with two attached hydrogens (primary N) is 1. The van der Waals surface area contributed by atoms with Gasteiger partial charge in [-0.15, -0.1) is 0 Å². The Kier molecular flexibility index (Phi) is 3.06. The molecule has 0 amide bonds. The number of oxime groups is 1. The number of quaternary nitrogens is 1. The van der Waals surface area contributed by atoms with Crippen LogP contribution in [0.3, 0.4) is 0 Å². The number of likely N-dealkylation sites (N-methyl/N-ethyl adjacent to an activating group) is 1. The highest BCUT2D eigenvalue weighted by Gasteiger charge is 2.24. The van der Waals surface area contributed by atoms with Gasteiger partial charge >= 0.3 is 0 Å². The van der Waals surface area contributed by atoms with Gasteiger partial charge in [-0.3, -0.25) is 0 Å². The summed E-state index contributed by atoms with van der Waals surface area (Å²) in [5.74, 6) is 1.59. The van der Waals surface area contributed by atoms with Crippen molar-refractivity contribution in [3.63, 3.8) is 0 Å². The quantitative estimate of drug-likeness (QED) is 0.845. The summed E-state index contributed by atoms with van der Waals surface area (Å²) < 4.78 is 10.7. The fourth-order valence-corrected chi connectivity index (χ4v) is 2.15. The highest BCUT2D eigenvalue weighted by molar-refractivity contribution is 6.01. The summed E-state index contributed by atoms with van der Waals surface area (Å²) in [7, 11) is 0. The Morgan fingerprint density at radius 1 is 1.33 bits per heavy atom. The molecule has 0 fully saturated rings. The van der Waals surface area contributed by atoms with Gasteiger partial charge in [0.15, 0.2) is 17.6 Å². The average Bonchev–Trinajstić information content (AvgIpc) is 3.04. The lowest BCUT2D eigenvalue weighted by atomic mass is 10.0. The molecule has 1 atom stereocenters. The molecule has 3 rings (SSSR count). The van der Waals surface area contributed by atoms with E-state index in [4.69, 9.17) is 14.3 Å². The Labute approximate surface area is 106 Å². The molecule has 2 aliphatic heterocycles. The number of ether oxygens (including phenoxy) is 2. The number of hydrogen-bond donors (Lipinski definition) is 1. The molecule has 2 N–H and O–H groups in total. The Morgan fingerprint density at radius 3 is 3.11 bits per heavy atom. The molecule has 0 spiro atoms. The van der Waals surface area contributed by atoms with Crippen LogP contribution in [0.5, 0.6) is 11.5 Å². The molecule has 0 aliphatic carbocycles. The third-order valence-corrected chi connectivity index (χ3v) is 3.16. The van der Waals surface area contributed by atoms with Gasteiger partial charge in [-0.25, -0.2) is 0 Å². The maximum Gasteiger partial charge on any atom is 0.231 e. The molecular weight excluding hydrogens is 232 g/mol. The van der Waals surface area contributed by atoms with Gasteiger partial charge in [0, 0.05) is 12.0 Å². The van der Waals surface area contributed by atoms with Gasteiger partial charge in [-0.2, -0.15) is 0 Å². The maximum atomic E-state index is 5.43. The molecule has 2 aliphatic rings. The second-order valence-electron chi connectivity index (χ2n) is 4.47. The minimum Gasteiger partial charge on any atom is -0.454 e. The van der Waals surface area contributed by atoms with Crippen molar-refractivity contribution in [1.29, 1.82) is 0 Å². The largest absolute Gasteiger partial charge is 0.454 e. The number of nitrogens with zero attached hydrogens (tertiary/aromatic N) is 1. The molecule has 0 saturated carbocycles. The minimum atomic E-state index is 0.186. The first kappa shape index (κ1) is 11.3. The first-order valence-corrected chi connectivity index (χ1v) is 6.31. The van der Waals surface area contributed by atoms with Crippen LogP contribution in [0.25, 0.3) is 0 Å². The molecular formula is C13H17N2O3+. The van der Waals surface area contributed by atoms with E-state index in [-0.39, 0.29) is 6.10 Å². The minimum absolute atomic E-state index is 0.186. The van der Waals surface area contributed by atoms with Crippen molar-refractivity contribution in [2.45, 2.75) is 19.4 Å². The van der Waals surface area contributed by atoms with Crippen LogP contribution in [-0.2, 0) is 4.84 Å². The van der Waals surface area contributed by atoms with Crippen molar-refractivity contribution in [1.82, 2.24) is 0 Å². The molecule has 5 nitrogen and oxygen atoms in total. The molecule has 5 heteroatoms. The van der Waals surface area contributed by atoms with Crippen molar-refractivity contribution >= 4 is 5.71 Å². The summed E-state index contributed by atoms with van der Waals surface area (Å²) in [6, 6.07) is 5.89. The molecule has 18 heavy (non-hydrogen) atoms. The summed E-state index contributed by atoms with van der Waals surface area (Å²) in [6.07, 6.45) is 1.04. The van der Waals surface area contributed by atoms with E-state index in [0.29, 0.717) is 6.79 Å². The monoisotopic (exact) mass is 249 g/mol. The normalized spacial score (nSPS) is 20.7. The maximum absolute atomic E-state index is 5.43. The van der Waals surface area contributed by atoms with Crippen LogP contribution in [0.1, 0.15) is 18.9 Å². The SMILES string of the molecule is CC[NH2+]C[C@@H]1CC(c2ccc3c(c2)OCO3)=NO1. The van der Waals surface area contributed by atoms with E-state index in [1.807, 2.05) is 18.2 Å². The summed E-state index contributed by atoms with van der Waals surface area (Å²) in [6.45, 7) is 4.46. The van der Waals surface area contributed by atoms with E-state index in [1.54, 1.807) is 0 Å². The number of fused-ring (bicyclic) bond motifs is 1. The van der Waals surface area contributed by atoms with Crippen LogP contribution in [0.2, 0.25) is 0 Å². The van der Waals surface area contributed by atoms with Gasteiger partial charge in [-0.05, 0) is 25.1 Å². The van der Waals surface area contributed by atoms with E-state index < -0.39 is 0 Å². The van der Waals surface area contributed by atoms with E-state index in [2.05, 4.69) is 17.4 Å². The second kappa shape index (κ2) is 4.86. The molecule has 96 valence electrons. The first-order valence-electron chi connectivity index (χ1n) is 6.31. The molecule has 1 aromatic carbocycles. The van der Waals surface area contributed by atoms with Crippen LogP contribution in [0.15, 0.2) is 23.4 Å². The summed E-state index contributed by atoms with van der Waals surface area (Å²) in [5.41, 5.74) is 2.04. The standard InChI is InChI=1S/C13H16N2O3/c1-2-14-7-10-6-11(15-18-10)9-3-4-12-13(5-9)17-8-16-12/h3-5,10,14H,2,6-8H2,1H3/p+1/t10-/m0/s1. The van der Waals surface area contributed by atoms with E-state index in [0.717, 1.165) is 42.3 Å². The molecule has 0 aromatic heterocycles. The van der Waals surface area contributed by atoms with Crippen molar-refractivity contribution < 1.29 is 19.6 Å². The lowest BCUT2D eigenvalue weighted by molar-refractivity contribution is -0.657. The number of benzene rings is 1. The molecule has 1 aromatic rings. The van der Waals surface area contributed by atoms with Crippen LogP contribution in [0, 0.1) is 0 Å². The zero-order chi connectivity index (χ0) is 12.4. The van der Waals surface area contributed by atoms with Gasteiger partial charge in [0.2, 0.25) is 6.79 Å². The Bertz CT molecular complexity index is 473. The van der Waals surface area contributed by atoms with Crippen molar-refractivity contribution in [2.75, 3.05) is 19.9 Å². The van der Waals surface area contributed by atoms with Gasteiger partial charge in [0.1, 0.15) is 6.54 Å². The highest BCUT2D eigenvalue weighted by atomic mass is 16.7. The predicted molar refractivity (Wildman–Crippen MR) is 65.9 cm³/mol. The Balaban J connectivity index is 1.69. The predicted octanol–water partition coefficient (Wildman–Crippen LogP) is 0.492. The highest BCUT2D eigenvalue weighted by Crippen LogP contribution is 2.33. The summed E-state index contributed by atoms with van der Waals surface area (Å²) in [5, 5.41) is 6.39. The fraction of sp³-hybridized carbons (Fsp3) is 0.462. The smallest absolute Gasteiger partial charge is 0.231 e. The van der Waals surface area contributed by atoms with Crippen LogP contribution in [-0.4, -0.2) is 31.7 Å². The van der Waals surface area contributed by atoms with E-state index in [1.165, 1.54) is 0 Å². The zero-order valence-corrected chi connectivity index (χ0v) is 10.4. The molecule has 0 bridgehead atoms. The third kappa shape index (κ3) is 2.13. The van der Waals surface area contributed by atoms with Gasteiger partial charge in [-0.1, -0.05) is 5.16 Å². The van der Waals surface area contributed by atoms with Crippen LogP contribution >= 0.6 is 0 Å². The van der Waals surface area contributed by atoms with Gasteiger partial charge in [0.05, 0.1) is 12.3 Å². The fourth-order valence-electron chi connectivity index (χ4n) is 2.15. The Hall–Kier alpha value is -1.75. The van der Waals surface area contributed by atoms with Crippen LogP contribution < -0.4 is 14.8 Å². The van der Waals surface area contributed by atoms with E-state index >= 15 is 0 Å². The first-order chi connectivity index (χ1) is 8.86. The molecule has 0 radical (unpaired) electrons. The molecule has 0 saturated heterocycles. The lowest BCUT2D eigenvalue weighted by Gasteiger charge is -2.05. The summed E-state index contributed by atoms with van der Waals surface area (Å²) in [4.78, 5) is 5.43. The van der Waals surface area contributed by atoms with Gasteiger partial charge < -0.3 is 19.6 Å². The zero-order valence-electron chi connectivity index (χ0n) is 10.4. The van der Waals surface area contributed by atoms with Gasteiger partial charge in [0.25, 0.3) is 0 Å². The Morgan fingerprint density at radius 2 is 2.22 bits per heavy atom. The lowest BCUT2D eigenvalue weighted by Crippen LogP contribution is -2.85.